The minimum atomic E-state index is -1.35. The van der Waals surface area contributed by atoms with E-state index in [4.69, 9.17) is 44.3 Å². The molecule has 0 aromatic heterocycles. The second-order valence-electron chi connectivity index (χ2n) is 6.02. The Morgan fingerprint density at radius 1 is 0.613 bits per heavy atom. The van der Waals surface area contributed by atoms with E-state index in [1.807, 2.05) is 0 Å². The summed E-state index contributed by atoms with van der Waals surface area (Å²) in [4.78, 5) is 35.7. The van der Waals surface area contributed by atoms with Gasteiger partial charge < -0.3 is 19.7 Å². The predicted octanol–water partition coefficient (Wildman–Crippen LogP) is 6.05. The smallest absolute Gasteiger partial charge is 0.347 e. The third kappa shape index (κ3) is 5.27. The van der Waals surface area contributed by atoms with Crippen molar-refractivity contribution >= 4 is 52.7 Å². The average molecular weight is 482 g/mol. The minimum Gasteiger partial charge on any atom is -0.478 e. The standard InChI is InChI=1S/C21H11Cl3O7/c22-10-1-4-16(13(7-10)19(25)26)30-18-6-3-12(24)9-15(18)21(29)31-17-5-2-11(23)8-14(17)20(27)28/h1-9H,(H,25,26)(H,27,28). The van der Waals surface area contributed by atoms with Crippen molar-refractivity contribution in [2.45, 2.75) is 0 Å². The molecule has 10 heteroatoms. The van der Waals surface area contributed by atoms with Gasteiger partial charge >= 0.3 is 17.9 Å². The van der Waals surface area contributed by atoms with Gasteiger partial charge in [0, 0.05) is 15.1 Å². The van der Waals surface area contributed by atoms with Crippen LogP contribution < -0.4 is 9.47 Å². The molecule has 0 aliphatic rings. The number of carboxylic acid groups (broad SMARTS) is 2. The number of halogens is 3. The number of aromatic carboxylic acids is 2. The Morgan fingerprint density at radius 3 is 1.48 bits per heavy atom. The van der Waals surface area contributed by atoms with Gasteiger partial charge in [0.15, 0.2) is 0 Å². The van der Waals surface area contributed by atoms with Crippen LogP contribution in [0.5, 0.6) is 17.2 Å². The number of hydrogen-bond acceptors (Lipinski definition) is 5. The molecule has 2 N–H and O–H groups in total. The molecule has 0 saturated heterocycles. The summed E-state index contributed by atoms with van der Waals surface area (Å²) in [5, 5.41) is 19.2. The average Bonchev–Trinajstić information content (AvgIpc) is 2.71. The molecule has 0 heterocycles. The Kier molecular flexibility index (Phi) is 6.70. The Hall–Kier alpha value is -3.26. The van der Waals surface area contributed by atoms with Gasteiger partial charge in [0.1, 0.15) is 33.9 Å². The third-order valence-electron chi connectivity index (χ3n) is 3.93. The highest BCUT2D eigenvalue weighted by molar-refractivity contribution is 6.31. The Balaban J connectivity index is 1.99. The van der Waals surface area contributed by atoms with Gasteiger partial charge in [-0.3, -0.25) is 0 Å². The molecule has 0 spiro atoms. The van der Waals surface area contributed by atoms with Crippen LogP contribution in [0.15, 0.2) is 54.6 Å². The number of carbonyl (C=O) groups is 3. The van der Waals surface area contributed by atoms with Gasteiger partial charge in [-0.05, 0) is 54.6 Å². The quantitative estimate of drug-likeness (QED) is 0.325. The second-order valence-corrected chi connectivity index (χ2v) is 7.33. The molecule has 7 nitrogen and oxygen atoms in total. The molecular weight excluding hydrogens is 471 g/mol. The monoisotopic (exact) mass is 480 g/mol. The normalized spacial score (nSPS) is 10.4. The highest BCUT2D eigenvalue weighted by Crippen LogP contribution is 2.33. The summed E-state index contributed by atoms with van der Waals surface area (Å²) in [6.45, 7) is 0. The van der Waals surface area contributed by atoms with Gasteiger partial charge in [-0.25, -0.2) is 14.4 Å². The van der Waals surface area contributed by atoms with Gasteiger partial charge in [-0.2, -0.15) is 0 Å². The fourth-order valence-corrected chi connectivity index (χ4v) is 3.06. The first kappa shape index (κ1) is 22.4. The van der Waals surface area contributed by atoms with Crippen molar-refractivity contribution in [1.29, 1.82) is 0 Å². The first-order valence-corrected chi connectivity index (χ1v) is 9.54. The van der Waals surface area contributed by atoms with Crippen LogP contribution in [0.2, 0.25) is 15.1 Å². The first-order valence-electron chi connectivity index (χ1n) is 8.41. The lowest BCUT2D eigenvalue weighted by molar-refractivity contribution is 0.0673. The number of hydrogen-bond donors (Lipinski definition) is 2. The highest BCUT2D eigenvalue weighted by atomic mass is 35.5. The Labute approximate surface area is 190 Å². The molecule has 3 aromatic rings. The van der Waals surface area contributed by atoms with Crippen LogP contribution in [-0.4, -0.2) is 28.1 Å². The molecular formula is C21H11Cl3O7. The zero-order chi connectivity index (χ0) is 22.7. The van der Waals surface area contributed by atoms with Crippen molar-refractivity contribution in [3.63, 3.8) is 0 Å². The summed E-state index contributed by atoms with van der Waals surface area (Å²) in [5.41, 5.74) is -0.714. The molecule has 31 heavy (non-hydrogen) atoms. The molecule has 158 valence electrons. The molecule has 0 bridgehead atoms. The number of esters is 1. The maximum absolute atomic E-state index is 12.8. The minimum absolute atomic E-state index is 0.0648. The molecule has 0 saturated carbocycles. The van der Waals surface area contributed by atoms with Crippen molar-refractivity contribution in [3.8, 4) is 17.2 Å². The van der Waals surface area contributed by atoms with E-state index >= 15 is 0 Å². The maximum Gasteiger partial charge on any atom is 0.347 e. The van der Waals surface area contributed by atoms with Gasteiger partial charge in [0.25, 0.3) is 0 Å². The van der Waals surface area contributed by atoms with E-state index in [1.54, 1.807) is 0 Å². The lowest BCUT2D eigenvalue weighted by atomic mass is 10.1. The molecule has 0 aliphatic carbocycles. The Bertz CT molecular complexity index is 1210. The Morgan fingerprint density at radius 2 is 1.00 bits per heavy atom. The molecule has 0 radical (unpaired) electrons. The SMILES string of the molecule is O=C(O)c1cc(Cl)ccc1OC(=O)c1cc(Cl)ccc1Oc1ccc(Cl)cc1C(=O)O. The molecule has 0 atom stereocenters. The molecule has 0 unspecified atom stereocenters. The summed E-state index contributed by atoms with van der Waals surface area (Å²) >= 11 is 17.6. The zero-order valence-electron chi connectivity index (χ0n) is 15.3. The molecule has 3 aromatic carbocycles. The summed E-state index contributed by atoms with van der Waals surface area (Å²) in [5.74, 6) is -4.00. The first-order chi connectivity index (χ1) is 14.7. The molecule has 0 aliphatic heterocycles. The van der Waals surface area contributed by atoms with Crippen molar-refractivity contribution in [3.05, 3.63) is 86.4 Å². The van der Waals surface area contributed by atoms with Crippen LogP contribution in [0.4, 0.5) is 0 Å². The van der Waals surface area contributed by atoms with E-state index in [2.05, 4.69) is 0 Å². The van der Waals surface area contributed by atoms with Gasteiger partial charge in [-0.15, -0.1) is 0 Å². The van der Waals surface area contributed by atoms with Crippen LogP contribution in [-0.2, 0) is 0 Å². The number of carbonyl (C=O) groups excluding carboxylic acids is 1. The largest absolute Gasteiger partial charge is 0.478 e. The topological polar surface area (TPSA) is 110 Å². The third-order valence-corrected chi connectivity index (χ3v) is 4.63. The van der Waals surface area contributed by atoms with E-state index in [0.717, 1.165) is 6.07 Å². The van der Waals surface area contributed by atoms with Crippen LogP contribution in [0.1, 0.15) is 31.1 Å². The zero-order valence-corrected chi connectivity index (χ0v) is 17.5. The van der Waals surface area contributed by atoms with Crippen LogP contribution in [0, 0.1) is 0 Å². The van der Waals surface area contributed by atoms with Crippen LogP contribution in [0.3, 0.4) is 0 Å². The summed E-state index contributed by atoms with van der Waals surface area (Å²) in [7, 11) is 0. The van der Waals surface area contributed by atoms with Gasteiger partial charge in [-0.1, -0.05) is 34.8 Å². The van der Waals surface area contributed by atoms with Crippen molar-refractivity contribution in [1.82, 2.24) is 0 Å². The fraction of sp³-hybridized carbons (Fsp3) is 0. The lowest BCUT2D eigenvalue weighted by Crippen LogP contribution is -2.13. The number of benzene rings is 3. The molecule has 0 fully saturated rings. The summed E-state index contributed by atoms with van der Waals surface area (Å²) in [6.07, 6.45) is 0. The highest BCUT2D eigenvalue weighted by Gasteiger charge is 2.22. The van der Waals surface area contributed by atoms with Crippen molar-refractivity contribution in [2.24, 2.45) is 0 Å². The number of ether oxygens (including phenoxy) is 2. The van der Waals surface area contributed by atoms with Gasteiger partial charge in [0.2, 0.25) is 0 Å². The predicted molar refractivity (Wildman–Crippen MR) is 113 cm³/mol. The number of rotatable bonds is 6. The fourth-order valence-electron chi connectivity index (χ4n) is 2.54. The summed E-state index contributed by atoms with van der Waals surface area (Å²) < 4.78 is 10.9. The van der Waals surface area contributed by atoms with E-state index < -0.39 is 17.9 Å². The van der Waals surface area contributed by atoms with Crippen LogP contribution >= 0.6 is 34.8 Å². The van der Waals surface area contributed by atoms with E-state index in [0.29, 0.717) is 0 Å². The number of carboxylic acids is 2. The summed E-state index contributed by atoms with van der Waals surface area (Å²) in [6, 6.07) is 11.7. The molecule has 0 amide bonds. The maximum atomic E-state index is 12.8. The van der Waals surface area contributed by atoms with Crippen LogP contribution in [0.25, 0.3) is 0 Å². The van der Waals surface area contributed by atoms with E-state index in [-0.39, 0.29) is 49.0 Å². The van der Waals surface area contributed by atoms with E-state index in [1.165, 1.54) is 48.5 Å². The second kappa shape index (κ2) is 9.26. The van der Waals surface area contributed by atoms with Crippen molar-refractivity contribution < 1.29 is 34.1 Å². The van der Waals surface area contributed by atoms with E-state index in [9.17, 15) is 24.6 Å². The lowest BCUT2D eigenvalue weighted by Gasteiger charge is -2.14. The molecule has 3 rings (SSSR count). The van der Waals surface area contributed by atoms with Crippen molar-refractivity contribution in [2.75, 3.05) is 0 Å². The van der Waals surface area contributed by atoms with Gasteiger partial charge in [0.05, 0.1) is 0 Å².